The van der Waals surface area contributed by atoms with Crippen LogP contribution in [0.3, 0.4) is 0 Å². The molecule has 25 heavy (non-hydrogen) atoms. The third-order valence-corrected chi connectivity index (χ3v) is 5.75. The highest BCUT2D eigenvalue weighted by molar-refractivity contribution is 7.18. The van der Waals surface area contributed by atoms with Gasteiger partial charge in [-0.2, -0.15) is 0 Å². The van der Waals surface area contributed by atoms with Crippen LogP contribution in [0.5, 0.6) is 5.75 Å². The lowest BCUT2D eigenvalue weighted by Crippen LogP contribution is -2.33. The summed E-state index contributed by atoms with van der Waals surface area (Å²) in [6.45, 7) is 6.05. The standard InChI is InChI=1S/C20H22N2O2S/c1-13-8-7-10-17(14(13)2)24-12-19(23)22(4)15(3)20-21-16-9-5-6-11-18(16)25-20/h5-11,15H,12H2,1-4H3/t15-/m0/s1. The number of benzene rings is 2. The van der Waals surface area contributed by atoms with E-state index in [1.807, 2.05) is 57.2 Å². The van der Waals surface area contributed by atoms with Crippen LogP contribution < -0.4 is 4.74 Å². The lowest BCUT2D eigenvalue weighted by atomic mass is 10.1. The molecule has 0 unspecified atom stereocenters. The molecular formula is C20H22N2O2S. The van der Waals surface area contributed by atoms with Gasteiger partial charge < -0.3 is 9.64 Å². The van der Waals surface area contributed by atoms with Gasteiger partial charge in [0.25, 0.3) is 5.91 Å². The van der Waals surface area contributed by atoms with Crippen LogP contribution in [-0.2, 0) is 4.79 Å². The van der Waals surface area contributed by atoms with Gasteiger partial charge in [-0.3, -0.25) is 4.79 Å². The first-order valence-corrected chi connectivity index (χ1v) is 9.09. The van der Waals surface area contributed by atoms with Crippen LogP contribution in [0, 0.1) is 13.8 Å². The van der Waals surface area contributed by atoms with E-state index in [4.69, 9.17) is 4.74 Å². The van der Waals surface area contributed by atoms with Gasteiger partial charge in [-0.1, -0.05) is 24.3 Å². The number of carbonyl (C=O) groups excluding carboxylic acids is 1. The number of aryl methyl sites for hydroxylation is 1. The van der Waals surface area contributed by atoms with Gasteiger partial charge in [0.2, 0.25) is 0 Å². The molecule has 0 bridgehead atoms. The quantitative estimate of drug-likeness (QED) is 0.677. The summed E-state index contributed by atoms with van der Waals surface area (Å²) in [4.78, 5) is 18.9. The zero-order valence-electron chi connectivity index (χ0n) is 14.9. The molecular weight excluding hydrogens is 332 g/mol. The molecule has 0 radical (unpaired) electrons. The van der Waals surface area contributed by atoms with Crippen molar-refractivity contribution in [1.82, 2.24) is 9.88 Å². The molecule has 0 N–H and O–H groups in total. The minimum absolute atomic E-state index is 0.0238. The monoisotopic (exact) mass is 354 g/mol. The zero-order valence-corrected chi connectivity index (χ0v) is 15.8. The molecule has 130 valence electrons. The van der Waals surface area contributed by atoms with E-state index in [2.05, 4.69) is 11.1 Å². The van der Waals surface area contributed by atoms with Crippen molar-refractivity contribution in [2.45, 2.75) is 26.8 Å². The third-order valence-electron chi connectivity index (χ3n) is 4.55. The van der Waals surface area contributed by atoms with E-state index in [0.29, 0.717) is 0 Å². The number of ether oxygens (including phenoxy) is 1. The van der Waals surface area contributed by atoms with Crippen molar-refractivity contribution >= 4 is 27.5 Å². The first-order chi connectivity index (χ1) is 12.0. The molecule has 0 aliphatic heterocycles. The Kier molecular flexibility index (Phi) is 5.04. The molecule has 1 aromatic heterocycles. The number of carbonyl (C=O) groups is 1. The van der Waals surface area contributed by atoms with Gasteiger partial charge in [0.1, 0.15) is 10.8 Å². The number of para-hydroxylation sites is 1. The number of aromatic nitrogens is 1. The van der Waals surface area contributed by atoms with Crippen LogP contribution in [-0.4, -0.2) is 29.4 Å². The van der Waals surface area contributed by atoms with E-state index in [1.54, 1.807) is 23.3 Å². The van der Waals surface area contributed by atoms with Gasteiger partial charge in [-0.25, -0.2) is 4.98 Å². The van der Waals surface area contributed by atoms with Gasteiger partial charge >= 0.3 is 0 Å². The van der Waals surface area contributed by atoms with Gasteiger partial charge in [0, 0.05) is 7.05 Å². The fourth-order valence-corrected chi connectivity index (χ4v) is 3.64. The van der Waals surface area contributed by atoms with E-state index >= 15 is 0 Å². The predicted molar refractivity (Wildman–Crippen MR) is 102 cm³/mol. The topological polar surface area (TPSA) is 42.4 Å². The Balaban J connectivity index is 1.68. The molecule has 0 aliphatic rings. The minimum Gasteiger partial charge on any atom is -0.483 e. The molecule has 3 rings (SSSR count). The molecule has 0 fully saturated rings. The maximum absolute atomic E-state index is 12.5. The molecule has 2 aromatic carbocycles. The number of rotatable bonds is 5. The maximum atomic E-state index is 12.5. The first kappa shape index (κ1) is 17.4. The first-order valence-electron chi connectivity index (χ1n) is 8.27. The smallest absolute Gasteiger partial charge is 0.260 e. The lowest BCUT2D eigenvalue weighted by molar-refractivity contribution is -0.134. The van der Waals surface area contributed by atoms with E-state index < -0.39 is 0 Å². The Hall–Kier alpha value is -2.40. The highest BCUT2D eigenvalue weighted by Gasteiger charge is 2.21. The summed E-state index contributed by atoms with van der Waals surface area (Å²) < 4.78 is 6.87. The second-order valence-electron chi connectivity index (χ2n) is 6.19. The van der Waals surface area contributed by atoms with Crippen molar-refractivity contribution in [3.8, 4) is 5.75 Å². The molecule has 0 saturated heterocycles. The number of likely N-dealkylation sites (N-methyl/N-ethyl adjacent to an activating group) is 1. The summed E-state index contributed by atoms with van der Waals surface area (Å²) in [5.74, 6) is 0.696. The number of hydrogen-bond acceptors (Lipinski definition) is 4. The minimum atomic E-state index is -0.0906. The number of thiazole rings is 1. The summed E-state index contributed by atoms with van der Waals surface area (Å²) in [6.07, 6.45) is 0. The van der Waals surface area contributed by atoms with Crippen molar-refractivity contribution in [3.63, 3.8) is 0 Å². The summed E-state index contributed by atoms with van der Waals surface area (Å²) in [6, 6.07) is 13.8. The number of fused-ring (bicyclic) bond motifs is 1. The fraction of sp³-hybridized carbons (Fsp3) is 0.300. The van der Waals surface area contributed by atoms with E-state index in [0.717, 1.165) is 32.1 Å². The van der Waals surface area contributed by atoms with Crippen LogP contribution >= 0.6 is 11.3 Å². The van der Waals surface area contributed by atoms with Crippen LogP contribution in [0.1, 0.15) is 29.1 Å². The lowest BCUT2D eigenvalue weighted by Gasteiger charge is -2.23. The molecule has 0 spiro atoms. The Morgan fingerprint density at radius 3 is 2.72 bits per heavy atom. The molecule has 1 heterocycles. The van der Waals surface area contributed by atoms with Gasteiger partial charge in [-0.15, -0.1) is 11.3 Å². The molecule has 0 saturated carbocycles. The predicted octanol–water partition coefficient (Wildman–Crippen LogP) is 4.51. The Morgan fingerprint density at radius 2 is 1.96 bits per heavy atom. The molecule has 0 aliphatic carbocycles. The normalized spacial score (nSPS) is 12.2. The summed E-state index contributed by atoms with van der Waals surface area (Å²) >= 11 is 1.62. The van der Waals surface area contributed by atoms with E-state index in [-0.39, 0.29) is 18.6 Å². The van der Waals surface area contributed by atoms with E-state index in [1.165, 1.54) is 0 Å². The van der Waals surface area contributed by atoms with Crippen LogP contribution in [0.25, 0.3) is 10.2 Å². The summed E-state index contributed by atoms with van der Waals surface area (Å²) in [7, 11) is 1.80. The summed E-state index contributed by atoms with van der Waals surface area (Å²) in [5.41, 5.74) is 3.19. The highest BCUT2D eigenvalue weighted by atomic mass is 32.1. The number of nitrogens with zero attached hydrogens (tertiary/aromatic N) is 2. The molecule has 3 aromatic rings. The van der Waals surface area contributed by atoms with Crippen LogP contribution in [0.2, 0.25) is 0 Å². The molecule has 1 amide bonds. The Morgan fingerprint density at radius 1 is 1.20 bits per heavy atom. The van der Waals surface area contributed by atoms with Crippen molar-refractivity contribution in [2.75, 3.05) is 13.7 Å². The second-order valence-corrected chi connectivity index (χ2v) is 7.25. The molecule has 5 heteroatoms. The average molecular weight is 354 g/mol. The van der Waals surface area contributed by atoms with Crippen molar-refractivity contribution < 1.29 is 9.53 Å². The molecule has 1 atom stereocenters. The Bertz CT molecular complexity index is 871. The van der Waals surface area contributed by atoms with Crippen LogP contribution in [0.4, 0.5) is 0 Å². The second kappa shape index (κ2) is 7.23. The van der Waals surface area contributed by atoms with Gasteiger partial charge in [-0.05, 0) is 50.1 Å². The van der Waals surface area contributed by atoms with E-state index in [9.17, 15) is 4.79 Å². The Labute approximate surface area is 152 Å². The van der Waals surface area contributed by atoms with Crippen molar-refractivity contribution in [1.29, 1.82) is 0 Å². The summed E-state index contributed by atoms with van der Waals surface area (Å²) in [5, 5.41) is 0.934. The number of hydrogen-bond donors (Lipinski definition) is 0. The molecule has 4 nitrogen and oxygen atoms in total. The SMILES string of the molecule is Cc1cccc(OCC(=O)N(C)[C@@H](C)c2nc3ccccc3s2)c1C. The highest BCUT2D eigenvalue weighted by Crippen LogP contribution is 2.29. The third kappa shape index (κ3) is 3.66. The van der Waals surface area contributed by atoms with Crippen molar-refractivity contribution in [3.05, 3.63) is 58.6 Å². The van der Waals surface area contributed by atoms with Crippen molar-refractivity contribution in [2.24, 2.45) is 0 Å². The number of amides is 1. The average Bonchev–Trinajstić information content (AvgIpc) is 3.05. The largest absolute Gasteiger partial charge is 0.483 e. The van der Waals surface area contributed by atoms with Gasteiger partial charge in [0.05, 0.1) is 16.3 Å². The zero-order chi connectivity index (χ0) is 18.0. The van der Waals surface area contributed by atoms with Gasteiger partial charge in [0.15, 0.2) is 6.61 Å². The maximum Gasteiger partial charge on any atom is 0.260 e. The van der Waals surface area contributed by atoms with Crippen LogP contribution in [0.15, 0.2) is 42.5 Å². The fourth-order valence-electron chi connectivity index (χ4n) is 2.57.